The quantitative estimate of drug-likeness (QED) is 0.737. The van der Waals surface area contributed by atoms with Crippen LogP contribution < -0.4 is 0 Å². The lowest BCUT2D eigenvalue weighted by molar-refractivity contribution is -0.142. The molecular weight excluding hydrogens is 301 g/mol. The molecule has 0 aromatic carbocycles. The third-order valence-electron chi connectivity index (χ3n) is 2.62. The van der Waals surface area contributed by atoms with Crippen molar-refractivity contribution in [3.8, 4) is 0 Å². The van der Waals surface area contributed by atoms with E-state index in [1.807, 2.05) is 0 Å². The number of ether oxygens (including phenoxy) is 1. The van der Waals surface area contributed by atoms with Crippen molar-refractivity contribution in [3.63, 3.8) is 0 Å². The van der Waals surface area contributed by atoms with Crippen LogP contribution in [-0.4, -0.2) is 29.6 Å². The molecule has 0 aromatic rings. The Hall–Kier alpha value is -1.65. The average molecular weight is 312 g/mol. The van der Waals surface area contributed by atoms with E-state index >= 15 is 0 Å². The minimum absolute atomic E-state index is 0.00919. The second kappa shape index (κ2) is 6.20. The maximum absolute atomic E-state index is 11.3. The van der Waals surface area contributed by atoms with Gasteiger partial charge in [-0.25, -0.2) is 0 Å². The van der Waals surface area contributed by atoms with E-state index in [0.717, 1.165) is 0 Å². The summed E-state index contributed by atoms with van der Waals surface area (Å²) in [6, 6.07) is -0.476. The number of hydrogen-bond donors (Lipinski definition) is 0. The Kier molecular flexibility index (Phi) is 4.57. The van der Waals surface area contributed by atoms with Gasteiger partial charge in [0.25, 0.3) is 0 Å². The molecule has 2 aliphatic rings. The van der Waals surface area contributed by atoms with Gasteiger partial charge in [0.1, 0.15) is 17.2 Å². The van der Waals surface area contributed by atoms with Crippen LogP contribution >= 0.6 is 23.2 Å². The molecule has 4 nitrogen and oxygen atoms in total. The van der Waals surface area contributed by atoms with E-state index in [1.165, 1.54) is 13.0 Å². The summed E-state index contributed by atoms with van der Waals surface area (Å²) < 4.78 is 5.00. The Balaban J connectivity index is 2.11. The standard InChI is InChI=1S/C14H11Cl2NO3/c1-8(18)20-10-4-2-9(3-5-10)17-11-6-7-12(19)14(16)13(11)15/h2-7,10-11H,1H3. The Bertz CT molecular complexity index is 584. The highest BCUT2D eigenvalue weighted by atomic mass is 35.5. The monoisotopic (exact) mass is 311 g/mol. The van der Waals surface area contributed by atoms with E-state index in [1.54, 1.807) is 30.4 Å². The first-order chi connectivity index (χ1) is 9.47. The van der Waals surface area contributed by atoms with Crippen molar-refractivity contribution in [2.24, 2.45) is 4.99 Å². The van der Waals surface area contributed by atoms with Gasteiger partial charge in [0.15, 0.2) is 5.78 Å². The number of carbonyl (C=O) groups excluding carboxylic acids is 2. The van der Waals surface area contributed by atoms with Crippen LogP contribution in [0.3, 0.4) is 0 Å². The molecule has 104 valence electrons. The fourth-order valence-corrected chi connectivity index (χ4v) is 2.10. The number of halogens is 2. The van der Waals surface area contributed by atoms with Crippen molar-refractivity contribution in [2.45, 2.75) is 19.1 Å². The number of rotatable bonds is 2. The number of ketones is 1. The van der Waals surface area contributed by atoms with Crippen LogP contribution in [0.5, 0.6) is 0 Å². The van der Waals surface area contributed by atoms with E-state index < -0.39 is 6.04 Å². The van der Waals surface area contributed by atoms with Crippen LogP contribution in [0.1, 0.15) is 6.92 Å². The van der Waals surface area contributed by atoms with E-state index in [-0.39, 0.29) is 27.9 Å². The molecule has 2 aliphatic carbocycles. The van der Waals surface area contributed by atoms with E-state index in [0.29, 0.717) is 5.71 Å². The van der Waals surface area contributed by atoms with Gasteiger partial charge >= 0.3 is 5.97 Å². The molecule has 0 bridgehead atoms. The summed E-state index contributed by atoms with van der Waals surface area (Å²) in [5.74, 6) is -0.672. The van der Waals surface area contributed by atoms with E-state index in [9.17, 15) is 9.59 Å². The van der Waals surface area contributed by atoms with Gasteiger partial charge in [-0.05, 0) is 30.4 Å². The van der Waals surface area contributed by atoms with Crippen LogP contribution in [0, 0.1) is 0 Å². The zero-order valence-corrected chi connectivity index (χ0v) is 12.1. The van der Waals surface area contributed by atoms with Crippen LogP contribution in [0.4, 0.5) is 0 Å². The maximum atomic E-state index is 11.3. The summed E-state index contributed by atoms with van der Waals surface area (Å²) in [6.07, 6.45) is 9.40. The lowest BCUT2D eigenvalue weighted by Gasteiger charge is -2.15. The second-order valence-electron chi connectivity index (χ2n) is 4.18. The number of carbonyl (C=O) groups is 2. The molecule has 0 fully saturated rings. The van der Waals surface area contributed by atoms with Crippen molar-refractivity contribution in [3.05, 3.63) is 46.5 Å². The molecule has 0 radical (unpaired) electrons. The molecule has 0 amide bonds. The zero-order chi connectivity index (χ0) is 14.7. The van der Waals surface area contributed by atoms with Gasteiger partial charge in [0, 0.05) is 6.92 Å². The van der Waals surface area contributed by atoms with Crippen molar-refractivity contribution in [2.75, 3.05) is 0 Å². The number of aliphatic imine (C=N–C) groups is 1. The Morgan fingerprint density at radius 2 is 1.85 bits per heavy atom. The minimum atomic E-state index is -0.476. The molecule has 0 N–H and O–H groups in total. The third kappa shape index (κ3) is 3.46. The van der Waals surface area contributed by atoms with Crippen LogP contribution in [0.25, 0.3) is 0 Å². The van der Waals surface area contributed by atoms with E-state index in [2.05, 4.69) is 4.99 Å². The van der Waals surface area contributed by atoms with Gasteiger partial charge in [0.2, 0.25) is 0 Å². The summed E-state index contributed by atoms with van der Waals surface area (Å²) >= 11 is 11.8. The third-order valence-corrected chi connectivity index (χ3v) is 3.52. The number of hydrogen-bond acceptors (Lipinski definition) is 4. The molecule has 0 aromatic heterocycles. The highest BCUT2D eigenvalue weighted by Gasteiger charge is 2.21. The molecule has 0 saturated heterocycles. The maximum Gasteiger partial charge on any atom is 0.303 e. The molecule has 0 heterocycles. The predicted octanol–water partition coefficient (Wildman–Crippen LogP) is 2.68. The molecule has 20 heavy (non-hydrogen) atoms. The Morgan fingerprint density at radius 1 is 1.20 bits per heavy atom. The fourth-order valence-electron chi connectivity index (χ4n) is 1.71. The topological polar surface area (TPSA) is 55.7 Å². The van der Waals surface area contributed by atoms with Crippen LogP contribution in [0.2, 0.25) is 0 Å². The smallest absolute Gasteiger partial charge is 0.303 e. The van der Waals surface area contributed by atoms with Crippen LogP contribution in [0.15, 0.2) is 51.5 Å². The van der Waals surface area contributed by atoms with Crippen molar-refractivity contribution >= 4 is 40.7 Å². The number of nitrogens with zero attached hydrogens (tertiary/aromatic N) is 1. The highest BCUT2D eigenvalue weighted by Crippen LogP contribution is 2.26. The normalized spacial score (nSPS) is 25.1. The molecule has 0 spiro atoms. The minimum Gasteiger partial charge on any atom is -0.454 e. The zero-order valence-electron chi connectivity index (χ0n) is 10.5. The Morgan fingerprint density at radius 3 is 2.45 bits per heavy atom. The van der Waals surface area contributed by atoms with E-state index in [4.69, 9.17) is 27.9 Å². The summed E-state index contributed by atoms with van der Waals surface area (Å²) in [5, 5.41) is 0.195. The number of allylic oxidation sites excluding steroid dienone is 4. The van der Waals surface area contributed by atoms with Gasteiger partial charge in [-0.1, -0.05) is 29.3 Å². The summed E-state index contributed by atoms with van der Waals surface area (Å²) in [5.41, 5.74) is 0.653. The molecule has 2 rings (SSSR count). The summed E-state index contributed by atoms with van der Waals surface area (Å²) in [7, 11) is 0. The van der Waals surface area contributed by atoms with Crippen molar-refractivity contribution in [1.29, 1.82) is 0 Å². The predicted molar refractivity (Wildman–Crippen MR) is 77.9 cm³/mol. The highest BCUT2D eigenvalue weighted by molar-refractivity contribution is 6.50. The van der Waals surface area contributed by atoms with Gasteiger partial charge in [-0.3, -0.25) is 14.6 Å². The summed E-state index contributed by atoms with van der Waals surface area (Å²) in [6.45, 7) is 1.35. The Labute approximate surface area is 126 Å². The number of esters is 1. The van der Waals surface area contributed by atoms with Crippen molar-refractivity contribution < 1.29 is 14.3 Å². The van der Waals surface area contributed by atoms with Crippen LogP contribution in [-0.2, 0) is 14.3 Å². The molecular formula is C14H11Cl2NO3. The first-order valence-corrected chi connectivity index (χ1v) is 6.62. The van der Waals surface area contributed by atoms with Crippen molar-refractivity contribution in [1.82, 2.24) is 0 Å². The summed E-state index contributed by atoms with van der Waals surface area (Å²) in [4.78, 5) is 26.5. The fraction of sp³-hybridized carbons (Fsp3) is 0.214. The second-order valence-corrected chi connectivity index (χ2v) is 4.96. The first-order valence-electron chi connectivity index (χ1n) is 5.86. The SMILES string of the molecule is CC(=O)OC1C=CC(=NC2C=CC(=O)C(Cl)=C2Cl)C=C1. The average Bonchev–Trinajstić information content (AvgIpc) is 2.41. The molecule has 1 unspecified atom stereocenters. The lowest BCUT2D eigenvalue weighted by Crippen LogP contribution is -2.16. The molecule has 0 aliphatic heterocycles. The molecule has 0 saturated carbocycles. The first kappa shape index (κ1) is 14.8. The van der Waals surface area contributed by atoms with Gasteiger partial charge in [-0.15, -0.1) is 0 Å². The van der Waals surface area contributed by atoms with Gasteiger partial charge in [-0.2, -0.15) is 0 Å². The van der Waals surface area contributed by atoms with Gasteiger partial charge in [0.05, 0.1) is 10.7 Å². The largest absolute Gasteiger partial charge is 0.454 e. The lowest BCUT2D eigenvalue weighted by atomic mass is 10.1. The molecule has 1 atom stereocenters. The van der Waals surface area contributed by atoms with Gasteiger partial charge < -0.3 is 4.74 Å². The molecule has 6 heteroatoms.